The molecule has 2 aliphatic heterocycles. The molecule has 0 saturated carbocycles. The lowest BCUT2D eigenvalue weighted by molar-refractivity contribution is -0.125. The number of hydrogen-bond donors (Lipinski definition) is 1. The van der Waals surface area contributed by atoms with Crippen LogP contribution in [0.4, 0.5) is 10.8 Å². The Bertz CT molecular complexity index is 1320. The second kappa shape index (κ2) is 11.4. The van der Waals surface area contributed by atoms with Gasteiger partial charge in [0.15, 0.2) is 0 Å². The van der Waals surface area contributed by atoms with E-state index in [1.807, 2.05) is 13.0 Å². The van der Waals surface area contributed by atoms with E-state index >= 15 is 0 Å². The number of piperidine rings is 1. The van der Waals surface area contributed by atoms with Crippen molar-refractivity contribution in [1.29, 1.82) is 0 Å². The van der Waals surface area contributed by atoms with Crippen LogP contribution < -0.4 is 20.7 Å². The summed E-state index contributed by atoms with van der Waals surface area (Å²) >= 11 is 7.61. The molecule has 1 aromatic carbocycles. The summed E-state index contributed by atoms with van der Waals surface area (Å²) in [6.45, 7) is 11.0. The molecule has 0 spiro atoms. The summed E-state index contributed by atoms with van der Waals surface area (Å²) in [7, 11) is 0. The number of aryl methyl sites for hydroxylation is 2. The van der Waals surface area contributed by atoms with Crippen LogP contribution in [0.3, 0.4) is 0 Å². The van der Waals surface area contributed by atoms with E-state index in [0.717, 1.165) is 68.7 Å². The number of halogens is 1. The van der Waals surface area contributed by atoms with Crippen LogP contribution in [-0.4, -0.2) is 77.8 Å². The Labute approximate surface area is 226 Å². The minimum absolute atomic E-state index is 0.0725. The van der Waals surface area contributed by atoms with Gasteiger partial charge in [0.05, 0.1) is 5.92 Å². The van der Waals surface area contributed by atoms with Crippen LogP contribution >= 0.6 is 22.9 Å². The fourth-order valence-electron chi connectivity index (χ4n) is 5.20. The van der Waals surface area contributed by atoms with Crippen molar-refractivity contribution in [3.63, 3.8) is 0 Å². The molecule has 0 aliphatic carbocycles. The first-order valence-corrected chi connectivity index (χ1v) is 14.2. The van der Waals surface area contributed by atoms with E-state index in [9.17, 15) is 9.59 Å². The van der Waals surface area contributed by atoms with E-state index in [-0.39, 0.29) is 17.4 Å². The van der Waals surface area contributed by atoms with E-state index < -0.39 is 0 Å². The maximum absolute atomic E-state index is 12.9. The largest absolute Gasteiger partial charge is 0.369 e. The first-order valence-electron chi connectivity index (χ1n) is 13.0. The Hall–Kier alpha value is -2.69. The number of fused-ring (bicyclic) bond motifs is 1. The summed E-state index contributed by atoms with van der Waals surface area (Å²) in [5.74, 6) is 0.0369. The number of amides is 1. The van der Waals surface area contributed by atoms with Crippen LogP contribution in [0, 0.1) is 19.8 Å². The molecule has 37 heavy (non-hydrogen) atoms. The Balaban J connectivity index is 1.06. The van der Waals surface area contributed by atoms with Crippen molar-refractivity contribution in [2.45, 2.75) is 33.1 Å². The molecule has 9 nitrogen and oxygen atoms in total. The Morgan fingerprint density at radius 1 is 1.14 bits per heavy atom. The lowest BCUT2D eigenvalue weighted by Crippen LogP contribution is -2.47. The number of carbonyl (C=O) groups excluding carboxylic acids is 1. The monoisotopic (exact) mass is 543 g/mol. The molecule has 5 rings (SSSR count). The molecule has 2 aromatic heterocycles. The van der Waals surface area contributed by atoms with Crippen LogP contribution in [0.2, 0.25) is 5.02 Å². The zero-order valence-electron chi connectivity index (χ0n) is 21.5. The van der Waals surface area contributed by atoms with Crippen molar-refractivity contribution in [2.24, 2.45) is 5.92 Å². The van der Waals surface area contributed by atoms with Crippen LogP contribution in [0.15, 0.2) is 29.1 Å². The second-order valence-electron chi connectivity index (χ2n) is 10.0. The van der Waals surface area contributed by atoms with Gasteiger partial charge in [-0.05, 0) is 57.4 Å². The van der Waals surface area contributed by atoms with Crippen molar-refractivity contribution in [1.82, 2.24) is 24.8 Å². The zero-order valence-corrected chi connectivity index (χ0v) is 23.0. The van der Waals surface area contributed by atoms with Crippen LogP contribution in [0.1, 0.15) is 30.5 Å². The van der Waals surface area contributed by atoms with Crippen molar-refractivity contribution in [3.8, 4) is 0 Å². The van der Waals surface area contributed by atoms with Gasteiger partial charge in [-0.1, -0.05) is 29.0 Å². The van der Waals surface area contributed by atoms with Gasteiger partial charge in [0.1, 0.15) is 0 Å². The average molecular weight is 544 g/mol. The van der Waals surface area contributed by atoms with E-state index in [1.165, 1.54) is 33.2 Å². The molecule has 2 aliphatic rings. The van der Waals surface area contributed by atoms with Crippen molar-refractivity contribution < 1.29 is 4.79 Å². The predicted octanol–water partition coefficient (Wildman–Crippen LogP) is 2.97. The number of aromatic nitrogens is 3. The van der Waals surface area contributed by atoms with Crippen molar-refractivity contribution in [3.05, 3.63) is 50.9 Å². The van der Waals surface area contributed by atoms with Gasteiger partial charge in [-0.15, -0.1) is 5.10 Å². The average Bonchev–Trinajstić information content (AvgIpc) is 3.33. The predicted molar refractivity (Wildman–Crippen MR) is 149 cm³/mol. The maximum Gasteiger partial charge on any atom is 0.275 e. The van der Waals surface area contributed by atoms with E-state index in [2.05, 4.69) is 49.2 Å². The molecular weight excluding hydrogens is 510 g/mol. The molecule has 1 unspecified atom stereocenters. The molecule has 2 saturated heterocycles. The highest BCUT2D eigenvalue weighted by Crippen LogP contribution is 2.27. The van der Waals surface area contributed by atoms with Gasteiger partial charge in [-0.3, -0.25) is 14.5 Å². The van der Waals surface area contributed by atoms with Crippen LogP contribution in [-0.2, 0) is 4.79 Å². The smallest absolute Gasteiger partial charge is 0.275 e. The van der Waals surface area contributed by atoms with Gasteiger partial charge in [-0.25, -0.2) is 4.98 Å². The minimum Gasteiger partial charge on any atom is -0.369 e. The summed E-state index contributed by atoms with van der Waals surface area (Å²) < 4.78 is 1.35. The highest BCUT2D eigenvalue weighted by molar-refractivity contribution is 7.20. The molecule has 3 aromatic rings. The molecule has 4 heterocycles. The van der Waals surface area contributed by atoms with Crippen molar-refractivity contribution in [2.75, 3.05) is 62.2 Å². The maximum atomic E-state index is 12.9. The van der Waals surface area contributed by atoms with Gasteiger partial charge in [0.25, 0.3) is 5.56 Å². The van der Waals surface area contributed by atoms with Gasteiger partial charge >= 0.3 is 0 Å². The van der Waals surface area contributed by atoms with Gasteiger partial charge in [0.2, 0.25) is 16.0 Å². The molecular formula is C26H34ClN7O2S. The topological polar surface area (TPSA) is 86.1 Å². The van der Waals surface area contributed by atoms with Crippen LogP contribution in [0.5, 0.6) is 0 Å². The zero-order chi connectivity index (χ0) is 25.9. The molecule has 198 valence electrons. The number of benzene rings is 1. The summed E-state index contributed by atoms with van der Waals surface area (Å²) in [6, 6.07) is 7.57. The fourth-order valence-corrected chi connectivity index (χ4v) is 6.35. The summed E-state index contributed by atoms with van der Waals surface area (Å²) in [5, 5.41) is 9.15. The third-order valence-corrected chi connectivity index (χ3v) is 8.46. The van der Waals surface area contributed by atoms with Gasteiger partial charge in [0, 0.05) is 68.3 Å². The molecule has 1 N–H and O–H groups in total. The normalized spacial score (nSPS) is 18.9. The molecule has 11 heteroatoms. The highest BCUT2D eigenvalue weighted by Gasteiger charge is 2.28. The number of piperazine rings is 1. The van der Waals surface area contributed by atoms with Gasteiger partial charge < -0.3 is 15.1 Å². The molecule has 2 fully saturated rings. The Kier molecular flexibility index (Phi) is 7.97. The van der Waals surface area contributed by atoms with Gasteiger partial charge in [-0.2, -0.15) is 4.52 Å². The number of anilines is 2. The number of carbonyl (C=O) groups is 1. The number of rotatable bonds is 7. The molecule has 0 radical (unpaired) electrons. The lowest BCUT2D eigenvalue weighted by atomic mass is 9.97. The minimum atomic E-state index is -0.169. The van der Waals surface area contributed by atoms with E-state index in [0.29, 0.717) is 23.7 Å². The molecule has 1 atom stereocenters. The third-order valence-electron chi connectivity index (χ3n) is 7.26. The van der Waals surface area contributed by atoms with E-state index in [4.69, 9.17) is 11.6 Å². The fraction of sp³-hybridized carbons (Fsp3) is 0.538. The summed E-state index contributed by atoms with van der Waals surface area (Å²) in [5.41, 5.74) is 3.00. The highest BCUT2D eigenvalue weighted by atomic mass is 35.5. The summed E-state index contributed by atoms with van der Waals surface area (Å²) in [4.78, 5) is 37.1. The van der Waals surface area contributed by atoms with Crippen molar-refractivity contribution >= 4 is 44.6 Å². The second-order valence-corrected chi connectivity index (χ2v) is 11.4. The quantitative estimate of drug-likeness (QED) is 0.458. The van der Waals surface area contributed by atoms with E-state index in [1.54, 1.807) is 0 Å². The number of nitrogens with zero attached hydrogens (tertiary/aromatic N) is 6. The number of hydrogen-bond acceptors (Lipinski definition) is 8. The number of nitrogens with one attached hydrogen (secondary N) is 1. The van der Waals surface area contributed by atoms with Crippen LogP contribution in [0.25, 0.3) is 4.96 Å². The Morgan fingerprint density at radius 3 is 2.76 bits per heavy atom. The molecule has 1 amide bonds. The molecule has 0 bridgehead atoms. The SMILES string of the molecule is Cc1cc(=O)n2nc(N3CCCC(C(=O)NCCCN4CCN(c5cc(Cl)ccc5C)CC4)C3)sc2n1. The summed E-state index contributed by atoms with van der Waals surface area (Å²) in [6.07, 6.45) is 2.73. The lowest BCUT2D eigenvalue weighted by Gasteiger charge is -2.37. The first-order chi connectivity index (χ1) is 17.9. The Morgan fingerprint density at radius 2 is 1.95 bits per heavy atom. The first kappa shape index (κ1) is 25.9. The standard InChI is InChI=1S/C26H34ClN7O2S/c1-18-6-7-21(27)16-22(18)32-13-11-31(12-14-32)9-4-8-28-24(36)20-5-3-10-33(17-20)26-30-34-23(35)15-19(2)29-25(34)37-26/h6-7,15-16,20H,3-5,8-14,17H2,1-2H3,(H,28,36). The third kappa shape index (κ3) is 6.08.